The predicted molar refractivity (Wildman–Crippen MR) is 72.5 cm³/mol. The average Bonchev–Trinajstić information content (AvgIpc) is 2.28. The molecule has 0 aliphatic heterocycles. The molecule has 0 saturated carbocycles. The van der Waals surface area contributed by atoms with E-state index < -0.39 is 0 Å². The largest absolute Gasteiger partial charge is 0.497 e. The first-order valence-electron chi connectivity index (χ1n) is 5.86. The van der Waals surface area contributed by atoms with Gasteiger partial charge in [0.15, 0.2) is 0 Å². The third kappa shape index (κ3) is 4.12. The summed E-state index contributed by atoms with van der Waals surface area (Å²) in [7, 11) is 1.68. The standard InChI is InChI=1S/C14H21ClO2/c1-14(2,3)12-10-11(16-4)6-7-13(12)17-9-5-8-15/h6-7,10H,5,8-9H2,1-4H3. The molecule has 0 heterocycles. The minimum Gasteiger partial charge on any atom is -0.497 e. The van der Waals surface area contributed by atoms with Crippen molar-refractivity contribution in [1.29, 1.82) is 0 Å². The number of halogens is 1. The van der Waals surface area contributed by atoms with Crippen molar-refractivity contribution in [1.82, 2.24) is 0 Å². The molecule has 0 atom stereocenters. The van der Waals surface area contributed by atoms with Crippen LogP contribution in [0.5, 0.6) is 11.5 Å². The molecule has 0 saturated heterocycles. The molecule has 17 heavy (non-hydrogen) atoms. The first kappa shape index (κ1) is 14.2. The van der Waals surface area contributed by atoms with Crippen molar-refractivity contribution in [2.75, 3.05) is 19.6 Å². The Morgan fingerprint density at radius 3 is 2.47 bits per heavy atom. The Labute approximate surface area is 109 Å². The van der Waals surface area contributed by atoms with Gasteiger partial charge in [-0.3, -0.25) is 0 Å². The highest BCUT2D eigenvalue weighted by molar-refractivity contribution is 6.17. The summed E-state index contributed by atoms with van der Waals surface area (Å²) >= 11 is 5.65. The van der Waals surface area contributed by atoms with Crippen molar-refractivity contribution in [2.24, 2.45) is 0 Å². The van der Waals surface area contributed by atoms with Crippen LogP contribution in [-0.2, 0) is 5.41 Å². The van der Waals surface area contributed by atoms with Crippen LogP contribution in [0.1, 0.15) is 32.8 Å². The maximum Gasteiger partial charge on any atom is 0.123 e. The summed E-state index contributed by atoms with van der Waals surface area (Å²) in [6.45, 7) is 7.14. The summed E-state index contributed by atoms with van der Waals surface area (Å²) in [5.41, 5.74) is 1.19. The predicted octanol–water partition coefficient (Wildman–Crippen LogP) is 4.00. The highest BCUT2D eigenvalue weighted by Gasteiger charge is 2.19. The third-order valence-corrected chi connectivity index (χ3v) is 2.80. The molecular formula is C14H21ClO2. The van der Waals surface area contributed by atoms with Crippen LogP contribution in [0.3, 0.4) is 0 Å². The van der Waals surface area contributed by atoms with Gasteiger partial charge in [-0.25, -0.2) is 0 Å². The van der Waals surface area contributed by atoms with Gasteiger partial charge < -0.3 is 9.47 Å². The summed E-state index contributed by atoms with van der Waals surface area (Å²) in [5, 5.41) is 0. The van der Waals surface area contributed by atoms with Crippen molar-refractivity contribution in [3.63, 3.8) is 0 Å². The number of ether oxygens (including phenoxy) is 2. The van der Waals surface area contributed by atoms with E-state index in [-0.39, 0.29) is 5.41 Å². The summed E-state index contributed by atoms with van der Waals surface area (Å²) < 4.78 is 11.0. The fourth-order valence-electron chi connectivity index (χ4n) is 1.58. The van der Waals surface area contributed by atoms with E-state index in [0.29, 0.717) is 12.5 Å². The SMILES string of the molecule is COc1ccc(OCCCCl)c(C(C)(C)C)c1. The molecule has 0 unspecified atom stereocenters. The van der Waals surface area contributed by atoms with E-state index in [4.69, 9.17) is 21.1 Å². The Balaban J connectivity index is 2.95. The number of methoxy groups -OCH3 is 1. The Morgan fingerprint density at radius 2 is 1.94 bits per heavy atom. The first-order chi connectivity index (χ1) is 7.99. The van der Waals surface area contributed by atoms with Gasteiger partial charge >= 0.3 is 0 Å². The molecular weight excluding hydrogens is 236 g/mol. The summed E-state index contributed by atoms with van der Waals surface area (Å²) in [6, 6.07) is 5.93. The first-order valence-corrected chi connectivity index (χ1v) is 6.39. The van der Waals surface area contributed by atoms with Crippen LogP contribution in [0.15, 0.2) is 18.2 Å². The van der Waals surface area contributed by atoms with Gasteiger partial charge in [-0.05, 0) is 30.0 Å². The number of hydrogen-bond donors (Lipinski definition) is 0. The normalized spacial score (nSPS) is 11.4. The van der Waals surface area contributed by atoms with Crippen molar-refractivity contribution in [2.45, 2.75) is 32.6 Å². The van der Waals surface area contributed by atoms with Crippen LogP contribution >= 0.6 is 11.6 Å². The van der Waals surface area contributed by atoms with Gasteiger partial charge in [0.2, 0.25) is 0 Å². The Bertz CT molecular complexity index is 356. The van der Waals surface area contributed by atoms with Crippen molar-refractivity contribution in [3.8, 4) is 11.5 Å². The number of rotatable bonds is 5. The minimum atomic E-state index is 0.0326. The Morgan fingerprint density at radius 1 is 1.24 bits per heavy atom. The molecule has 3 heteroatoms. The van der Waals surface area contributed by atoms with Crippen molar-refractivity contribution < 1.29 is 9.47 Å². The van der Waals surface area contributed by atoms with Gasteiger partial charge in [0.05, 0.1) is 13.7 Å². The summed E-state index contributed by atoms with van der Waals surface area (Å²) in [6.07, 6.45) is 0.858. The second kappa shape index (κ2) is 6.15. The Hall–Kier alpha value is -0.890. The molecule has 0 aromatic heterocycles. The molecule has 0 aliphatic rings. The third-order valence-electron chi connectivity index (χ3n) is 2.53. The fraction of sp³-hybridized carbons (Fsp3) is 0.571. The van der Waals surface area contributed by atoms with Gasteiger partial charge in [-0.2, -0.15) is 0 Å². The van der Waals surface area contributed by atoms with Crippen LogP contribution in [0.25, 0.3) is 0 Å². The molecule has 2 nitrogen and oxygen atoms in total. The van der Waals surface area contributed by atoms with E-state index >= 15 is 0 Å². The topological polar surface area (TPSA) is 18.5 Å². The zero-order chi connectivity index (χ0) is 12.9. The molecule has 1 aromatic rings. The molecule has 0 amide bonds. The smallest absolute Gasteiger partial charge is 0.123 e. The number of hydrogen-bond acceptors (Lipinski definition) is 2. The lowest BCUT2D eigenvalue weighted by Gasteiger charge is -2.23. The van der Waals surface area contributed by atoms with Crippen LogP contribution in [0.2, 0.25) is 0 Å². The average molecular weight is 257 g/mol. The van der Waals surface area contributed by atoms with Crippen LogP contribution in [0, 0.1) is 0 Å². The number of benzene rings is 1. The highest BCUT2D eigenvalue weighted by Crippen LogP contribution is 2.34. The van der Waals surface area contributed by atoms with E-state index in [2.05, 4.69) is 20.8 Å². The lowest BCUT2D eigenvalue weighted by Crippen LogP contribution is -2.14. The zero-order valence-corrected chi connectivity index (χ0v) is 11.8. The molecule has 0 radical (unpaired) electrons. The van der Waals surface area contributed by atoms with Gasteiger partial charge in [-0.15, -0.1) is 11.6 Å². The van der Waals surface area contributed by atoms with Gasteiger partial charge in [-0.1, -0.05) is 20.8 Å². The lowest BCUT2D eigenvalue weighted by atomic mass is 9.86. The molecule has 0 bridgehead atoms. The lowest BCUT2D eigenvalue weighted by molar-refractivity contribution is 0.308. The highest BCUT2D eigenvalue weighted by atomic mass is 35.5. The van der Waals surface area contributed by atoms with E-state index in [0.717, 1.165) is 23.5 Å². The quantitative estimate of drug-likeness (QED) is 0.586. The Kier molecular flexibility index (Phi) is 5.13. The number of alkyl halides is 1. The van der Waals surface area contributed by atoms with Gasteiger partial charge in [0.25, 0.3) is 0 Å². The van der Waals surface area contributed by atoms with Crippen LogP contribution < -0.4 is 9.47 Å². The fourth-order valence-corrected chi connectivity index (χ4v) is 1.69. The molecule has 0 spiro atoms. The molecule has 1 rings (SSSR count). The van der Waals surface area contributed by atoms with Gasteiger partial charge in [0.1, 0.15) is 11.5 Å². The molecule has 96 valence electrons. The van der Waals surface area contributed by atoms with E-state index in [9.17, 15) is 0 Å². The monoisotopic (exact) mass is 256 g/mol. The summed E-state index contributed by atoms with van der Waals surface area (Å²) in [5.74, 6) is 2.41. The molecule has 0 N–H and O–H groups in total. The maximum atomic E-state index is 5.76. The van der Waals surface area contributed by atoms with Crippen LogP contribution in [-0.4, -0.2) is 19.6 Å². The maximum absolute atomic E-state index is 5.76. The zero-order valence-electron chi connectivity index (χ0n) is 11.0. The van der Waals surface area contributed by atoms with Crippen LogP contribution in [0.4, 0.5) is 0 Å². The second-order valence-corrected chi connectivity index (χ2v) is 5.38. The molecule has 0 fully saturated rings. The minimum absolute atomic E-state index is 0.0326. The molecule has 1 aromatic carbocycles. The molecule has 0 aliphatic carbocycles. The second-order valence-electron chi connectivity index (χ2n) is 5.00. The van der Waals surface area contributed by atoms with E-state index in [1.807, 2.05) is 18.2 Å². The van der Waals surface area contributed by atoms with E-state index in [1.165, 1.54) is 0 Å². The van der Waals surface area contributed by atoms with E-state index in [1.54, 1.807) is 7.11 Å². The van der Waals surface area contributed by atoms with Crippen molar-refractivity contribution in [3.05, 3.63) is 23.8 Å². The van der Waals surface area contributed by atoms with Crippen molar-refractivity contribution >= 4 is 11.6 Å². The van der Waals surface area contributed by atoms with Gasteiger partial charge in [0, 0.05) is 11.4 Å². The summed E-state index contributed by atoms with van der Waals surface area (Å²) in [4.78, 5) is 0.